The minimum absolute atomic E-state index is 0.323. The number of amides is 1. The van der Waals surface area contributed by atoms with Gasteiger partial charge in [-0.25, -0.2) is 0 Å². The molecule has 1 heterocycles. The Morgan fingerprint density at radius 3 is 2.95 bits per heavy atom. The van der Waals surface area contributed by atoms with Gasteiger partial charge in [-0.05, 0) is 34.1 Å². The van der Waals surface area contributed by atoms with Gasteiger partial charge < -0.3 is 11.1 Å². The average Bonchev–Trinajstić information content (AvgIpc) is 2.79. The van der Waals surface area contributed by atoms with Crippen LogP contribution in [0, 0.1) is 0 Å². The minimum Gasteiger partial charge on any atom is -0.323 e. The third-order valence-corrected chi connectivity index (χ3v) is 3.48. The summed E-state index contributed by atoms with van der Waals surface area (Å²) in [6.45, 7) is 0. The Morgan fingerprint density at radius 1 is 1.58 bits per heavy atom. The molecular formula is C12H12BrClN4O. The maximum absolute atomic E-state index is 12.0. The monoisotopic (exact) mass is 342 g/mol. The highest BCUT2D eigenvalue weighted by Crippen LogP contribution is 2.26. The highest BCUT2D eigenvalue weighted by molar-refractivity contribution is 9.10. The topological polar surface area (TPSA) is 72.9 Å². The van der Waals surface area contributed by atoms with Gasteiger partial charge in [-0.15, -0.1) is 0 Å². The lowest BCUT2D eigenvalue weighted by atomic mass is 10.1. The van der Waals surface area contributed by atoms with Crippen molar-refractivity contribution in [3.63, 3.8) is 0 Å². The van der Waals surface area contributed by atoms with Gasteiger partial charge in [-0.2, -0.15) is 5.10 Å². The number of hydrogen-bond donors (Lipinski definition) is 2. The van der Waals surface area contributed by atoms with E-state index in [4.69, 9.17) is 17.3 Å². The molecule has 1 amide bonds. The van der Waals surface area contributed by atoms with Crippen molar-refractivity contribution in [2.75, 3.05) is 5.32 Å². The molecule has 0 saturated heterocycles. The van der Waals surface area contributed by atoms with E-state index >= 15 is 0 Å². The van der Waals surface area contributed by atoms with Crippen LogP contribution in [-0.2, 0) is 11.8 Å². The molecular weight excluding hydrogens is 332 g/mol. The number of aryl methyl sites for hydroxylation is 1. The second-order valence-electron chi connectivity index (χ2n) is 4.04. The zero-order valence-electron chi connectivity index (χ0n) is 10.1. The summed E-state index contributed by atoms with van der Waals surface area (Å²) in [5.74, 6) is -0.323. The zero-order chi connectivity index (χ0) is 14.0. The summed E-state index contributed by atoms with van der Waals surface area (Å²) < 4.78 is 2.33. The van der Waals surface area contributed by atoms with Crippen molar-refractivity contribution >= 4 is 39.1 Å². The summed E-state index contributed by atoms with van der Waals surface area (Å²) in [7, 11) is 1.77. The van der Waals surface area contributed by atoms with E-state index in [2.05, 4.69) is 26.3 Å². The average molecular weight is 344 g/mol. The summed E-state index contributed by atoms with van der Waals surface area (Å²) in [6.07, 6.45) is 3.27. The Balaban J connectivity index is 2.14. The number of nitrogens with one attached hydrogen (secondary N) is 1. The number of benzene rings is 1. The highest BCUT2D eigenvalue weighted by Gasteiger charge is 2.18. The lowest BCUT2D eigenvalue weighted by Gasteiger charge is -2.12. The number of nitrogens with two attached hydrogens (primary N) is 1. The Bertz CT molecular complexity index is 614. The van der Waals surface area contributed by atoms with Crippen LogP contribution in [0.15, 0.2) is 35.1 Å². The van der Waals surface area contributed by atoms with E-state index in [0.29, 0.717) is 16.3 Å². The number of carbonyl (C=O) groups excluding carboxylic acids is 1. The number of nitrogens with zero attached hydrogens (tertiary/aromatic N) is 2. The third-order valence-electron chi connectivity index (χ3n) is 2.55. The molecule has 0 aliphatic carbocycles. The number of rotatable bonds is 3. The summed E-state index contributed by atoms with van der Waals surface area (Å²) >= 11 is 9.22. The fraction of sp³-hybridized carbons (Fsp3) is 0.167. The first kappa shape index (κ1) is 14.0. The van der Waals surface area contributed by atoms with E-state index in [9.17, 15) is 4.79 Å². The number of halogens is 2. The zero-order valence-corrected chi connectivity index (χ0v) is 12.4. The first-order valence-electron chi connectivity index (χ1n) is 5.47. The Labute approximate surface area is 123 Å². The van der Waals surface area contributed by atoms with Crippen LogP contribution in [0.25, 0.3) is 0 Å². The third kappa shape index (κ3) is 3.34. The molecule has 0 aliphatic heterocycles. The molecule has 0 aliphatic rings. The number of aromatic nitrogens is 2. The van der Waals surface area contributed by atoms with Crippen LogP contribution >= 0.6 is 27.5 Å². The van der Waals surface area contributed by atoms with Crippen molar-refractivity contribution in [1.29, 1.82) is 0 Å². The van der Waals surface area contributed by atoms with Crippen LogP contribution in [0.2, 0.25) is 5.02 Å². The van der Waals surface area contributed by atoms with Gasteiger partial charge in [0.2, 0.25) is 5.91 Å². The van der Waals surface area contributed by atoms with Crippen LogP contribution in [0.5, 0.6) is 0 Å². The molecule has 3 N–H and O–H groups in total. The van der Waals surface area contributed by atoms with Crippen molar-refractivity contribution in [1.82, 2.24) is 9.78 Å². The normalized spacial score (nSPS) is 12.2. The van der Waals surface area contributed by atoms with Crippen molar-refractivity contribution in [2.45, 2.75) is 6.04 Å². The largest absolute Gasteiger partial charge is 0.323 e. The van der Waals surface area contributed by atoms with Gasteiger partial charge in [0.1, 0.15) is 6.04 Å². The first-order valence-corrected chi connectivity index (χ1v) is 6.64. The maximum Gasteiger partial charge on any atom is 0.246 e. The lowest BCUT2D eigenvalue weighted by molar-refractivity contribution is -0.117. The molecule has 5 nitrogen and oxygen atoms in total. The molecule has 19 heavy (non-hydrogen) atoms. The van der Waals surface area contributed by atoms with Gasteiger partial charge >= 0.3 is 0 Å². The summed E-state index contributed by atoms with van der Waals surface area (Å²) in [6, 6.07) is 4.36. The van der Waals surface area contributed by atoms with Crippen molar-refractivity contribution in [3.05, 3.63) is 45.7 Å². The molecule has 100 valence electrons. The molecule has 0 spiro atoms. The summed E-state index contributed by atoms with van der Waals surface area (Å²) in [5, 5.41) is 7.25. The van der Waals surface area contributed by atoms with Crippen LogP contribution < -0.4 is 11.1 Å². The molecule has 1 aromatic heterocycles. The fourth-order valence-electron chi connectivity index (χ4n) is 1.56. The molecule has 2 aromatic rings. The molecule has 2 rings (SSSR count). The van der Waals surface area contributed by atoms with Crippen molar-refractivity contribution in [3.8, 4) is 0 Å². The van der Waals surface area contributed by atoms with Crippen LogP contribution in [0.4, 0.5) is 5.69 Å². The van der Waals surface area contributed by atoms with Gasteiger partial charge in [0, 0.05) is 28.3 Å². The van der Waals surface area contributed by atoms with Gasteiger partial charge in [0.05, 0.1) is 11.9 Å². The Morgan fingerprint density at radius 2 is 2.32 bits per heavy atom. The second kappa shape index (κ2) is 5.73. The molecule has 0 bridgehead atoms. The van der Waals surface area contributed by atoms with E-state index in [1.54, 1.807) is 42.3 Å². The first-order chi connectivity index (χ1) is 8.97. The van der Waals surface area contributed by atoms with Gasteiger partial charge in [-0.3, -0.25) is 9.48 Å². The van der Waals surface area contributed by atoms with Crippen LogP contribution in [0.3, 0.4) is 0 Å². The Kier molecular flexibility index (Phi) is 4.24. The molecule has 1 atom stereocenters. The highest BCUT2D eigenvalue weighted by atomic mass is 79.9. The number of carbonyl (C=O) groups is 1. The van der Waals surface area contributed by atoms with E-state index in [0.717, 1.165) is 4.47 Å². The van der Waals surface area contributed by atoms with E-state index in [-0.39, 0.29) is 5.91 Å². The molecule has 1 aromatic carbocycles. The van der Waals surface area contributed by atoms with E-state index in [1.165, 1.54) is 0 Å². The number of hydrogen-bond acceptors (Lipinski definition) is 3. The standard InChI is InChI=1S/C12H12BrClN4O/c1-18-6-7(5-16-18)11(15)12(19)17-10-4-8(14)2-3-9(10)13/h2-6,11H,15H2,1H3,(H,17,19). The Hall–Kier alpha value is -1.37. The predicted octanol–water partition coefficient (Wildman–Crippen LogP) is 2.47. The smallest absolute Gasteiger partial charge is 0.246 e. The predicted molar refractivity (Wildman–Crippen MR) is 77.9 cm³/mol. The summed E-state index contributed by atoms with van der Waals surface area (Å²) in [5.41, 5.74) is 7.11. The van der Waals surface area contributed by atoms with E-state index in [1.807, 2.05) is 0 Å². The molecule has 0 radical (unpaired) electrons. The van der Waals surface area contributed by atoms with Gasteiger partial charge in [0.15, 0.2) is 0 Å². The SMILES string of the molecule is Cn1cc(C(N)C(=O)Nc2cc(Cl)ccc2Br)cn1. The minimum atomic E-state index is -0.778. The van der Waals surface area contributed by atoms with Crippen molar-refractivity contribution in [2.24, 2.45) is 12.8 Å². The molecule has 0 fully saturated rings. The number of anilines is 1. The second-order valence-corrected chi connectivity index (χ2v) is 5.33. The van der Waals surface area contributed by atoms with Crippen molar-refractivity contribution < 1.29 is 4.79 Å². The van der Waals surface area contributed by atoms with E-state index < -0.39 is 6.04 Å². The molecule has 7 heteroatoms. The molecule has 0 saturated carbocycles. The van der Waals surface area contributed by atoms with Gasteiger partial charge in [-0.1, -0.05) is 11.6 Å². The maximum atomic E-state index is 12.0. The van der Waals surface area contributed by atoms with Gasteiger partial charge in [0.25, 0.3) is 0 Å². The summed E-state index contributed by atoms with van der Waals surface area (Å²) in [4.78, 5) is 12.0. The quantitative estimate of drug-likeness (QED) is 0.899. The van der Waals surface area contributed by atoms with Crippen LogP contribution in [0.1, 0.15) is 11.6 Å². The van der Waals surface area contributed by atoms with Crippen LogP contribution in [-0.4, -0.2) is 15.7 Å². The fourth-order valence-corrected chi connectivity index (χ4v) is 2.07. The lowest BCUT2D eigenvalue weighted by Crippen LogP contribution is -2.27. The molecule has 1 unspecified atom stereocenters.